The quantitative estimate of drug-likeness (QED) is 0.829. The van der Waals surface area contributed by atoms with Crippen LogP contribution in [-0.4, -0.2) is 9.97 Å². The van der Waals surface area contributed by atoms with Gasteiger partial charge in [0.1, 0.15) is 11.6 Å². The summed E-state index contributed by atoms with van der Waals surface area (Å²) in [7, 11) is 0. The Hall–Kier alpha value is -2.01. The number of halogens is 1. The van der Waals surface area contributed by atoms with Crippen molar-refractivity contribution in [2.24, 2.45) is 5.73 Å². The molecule has 0 saturated heterocycles. The van der Waals surface area contributed by atoms with Crippen molar-refractivity contribution in [3.8, 4) is 0 Å². The Morgan fingerprint density at radius 2 is 2.06 bits per heavy atom. The standard InChI is InChI=1S/C12H12FN3O/c13-10-4-2-1-3-8(10)5-11-15-7-9(6-14)12(17)16-11/h1-4,7H,5-6,14H2,(H,15,16,17). The first kappa shape index (κ1) is 11.5. The molecule has 0 radical (unpaired) electrons. The highest BCUT2D eigenvalue weighted by Crippen LogP contribution is 2.09. The second kappa shape index (κ2) is 4.88. The average molecular weight is 233 g/mol. The number of hydrogen-bond donors (Lipinski definition) is 2. The van der Waals surface area contributed by atoms with Gasteiger partial charge >= 0.3 is 0 Å². The molecule has 17 heavy (non-hydrogen) atoms. The molecule has 0 amide bonds. The minimum Gasteiger partial charge on any atom is -0.326 e. The predicted molar refractivity (Wildman–Crippen MR) is 62.0 cm³/mol. The summed E-state index contributed by atoms with van der Waals surface area (Å²) in [6, 6.07) is 6.39. The third kappa shape index (κ3) is 2.57. The van der Waals surface area contributed by atoms with E-state index in [2.05, 4.69) is 9.97 Å². The van der Waals surface area contributed by atoms with Gasteiger partial charge in [-0.05, 0) is 11.6 Å². The van der Waals surface area contributed by atoms with Crippen molar-refractivity contribution in [1.29, 1.82) is 0 Å². The molecular weight excluding hydrogens is 221 g/mol. The smallest absolute Gasteiger partial charge is 0.255 e. The Labute approximate surface area is 97.3 Å². The van der Waals surface area contributed by atoms with Crippen LogP contribution in [0.4, 0.5) is 4.39 Å². The van der Waals surface area contributed by atoms with E-state index in [-0.39, 0.29) is 24.3 Å². The van der Waals surface area contributed by atoms with Crippen LogP contribution >= 0.6 is 0 Å². The molecule has 1 aromatic carbocycles. The molecule has 0 spiro atoms. The number of H-pyrrole nitrogens is 1. The average Bonchev–Trinajstić information content (AvgIpc) is 2.32. The van der Waals surface area contributed by atoms with E-state index in [9.17, 15) is 9.18 Å². The van der Waals surface area contributed by atoms with Crippen LogP contribution in [0.5, 0.6) is 0 Å². The molecule has 0 aliphatic rings. The molecule has 0 aliphatic heterocycles. The van der Waals surface area contributed by atoms with Gasteiger partial charge in [0.25, 0.3) is 5.56 Å². The Balaban J connectivity index is 2.28. The van der Waals surface area contributed by atoms with Gasteiger partial charge in [-0.15, -0.1) is 0 Å². The summed E-state index contributed by atoms with van der Waals surface area (Å²) in [4.78, 5) is 18.1. The molecule has 2 rings (SSSR count). The Kier molecular flexibility index (Phi) is 3.30. The first-order valence-electron chi connectivity index (χ1n) is 5.21. The molecule has 5 heteroatoms. The maximum absolute atomic E-state index is 13.4. The Morgan fingerprint density at radius 3 is 2.71 bits per heavy atom. The zero-order valence-electron chi connectivity index (χ0n) is 9.11. The zero-order chi connectivity index (χ0) is 12.3. The fraction of sp³-hybridized carbons (Fsp3) is 0.167. The zero-order valence-corrected chi connectivity index (χ0v) is 9.11. The monoisotopic (exact) mass is 233 g/mol. The normalized spacial score (nSPS) is 10.5. The van der Waals surface area contributed by atoms with Crippen molar-refractivity contribution in [3.05, 3.63) is 63.6 Å². The number of nitrogens with one attached hydrogen (secondary N) is 1. The molecule has 88 valence electrons. The van der Waals surface area contributed by atoms with E-state index in [1.54, 1.807) is 18.2 Å². The van der Waals surface area contributed by atoms with E-state index < -0.39 is 0 Å². The first-order chi connectivity index (χ1) is 8.20. The highest BCUT2D eigenvalue weighted by atomic mass is 19.1. The lowest BCUT2D eigenvalue weighted by Gasteiger charge is -2.03. The van der Waals surface area contributed by atoms with Gasteiger partial charge in [0.2, 0.25) is 0 Å². The minimum absolute atomic E-state index is 0.141. The second-order valence-corrected chi connectivity index (χ2v) is 3.66. The molecule has 4 nitrogen and oxygen atoms in total. The highest BCUT2D eigenvalue weighted by Gasteiger charge is 2.05. The molecule has 0 bridgehead atoms. The SMILES string of the molecule is NCc1cnc(Cc2ccccc2F)[nH]c1=O. The van der Waals surface area contributed by atoms with Crippen LogP contribution in [0.15, 0.2) is 35.3 Å². The molecule has 1 aromatic heterocycles. The van der Waals surface area contributed by atoms with E-state index >= 15 is 0 Å². The van der Waals surface area contributed by atoms with E-state index in [1.165, 1.54) is 12.3 Å². The van der Waals surface area contributed by atoms with Gasteiger partial charge in [-0.2, -0.15) is 0 Å². The van der Waals surface area contributed by atoms with Crippen molar-refractivity contribution in [3.63, 3.8) is 0 Å². The molecule has 1 heterocycles. The molecule has 0 unspecified atom stereocenters. The molecule has 2 aromatic rings. The van der Waals surface area contributed by atoms with Gasteiger partial charge in [0, 0.05) is 24.7 Å². The number of nitrogens with zero attached hydrogens (tertiary/aromatic N) is 1. The molecule has 0 atom stereocenters. The fourth-order valence-corrected chi connectivity index (χ4v) is 1.52. The van der Waals surface area contributed by atoms with E-state index in [4.69, 9.17) is 5.73 Å². The maximum atomic E-state index is 13.4. The van der Waals surface area contributed by atoms with Crippen LogP contribution in [-0.2, 0) is 13.0 Å². The van der Waals surface area contributed by atoms with Crippen LogP contribution in [0.2, 0.25) is 0 Å². The lowest BCUT2D eigenvalue weighted by Crippen LogP contribution is -2.19. The molecule has 3 N–H and O–H groups in total. The van der Waals surface area contributed by atoms with E-state index in [0.29, 0.717) is 17.0 Å². The number of aromatic amines is 1. The van der Waals surface area contributed by atoms with Gasteiger partial charge in [-0.25, -0.2) is 9.37 Å². The Bertz CT molecular complexity index is 580. The Morgan fingerprint density at radius 1 is 1.29 bits per heavy atom. The first-order valence-corrected chi connectivity index (χ1v) is 5.21. The van der Waals surface area contributed by atoms with Crippen molar-refractivity contribution < 1.29 is 4.39 Å². The van der Waals surface area contributed by atoms with Gasteiger partial charge in [0.05, 0.1) is 0 Å². The van der Waals surface area contributed by atoms with Gasteiger partial charge in [-0.1, -0.05) is 18.2 Å². The third-order valence-electron chi connectivity index (χ3n) is 2.46. The lowest BCUT2D eigenvalue weighted by molar-refractivity contribution is 0.612. The largest absolute Gasteiger partial charge is 0.326 e. The number of benzene rings is 1. The second-order valence-electron chi connectivity index (χ2n) is 3.66. The summed E-state index contributed by atoms with van der Waals surface area (Å²) >= 11 is 0. The number of hydrogen-bond acceptors (Lipinski definition) is 3. The number of rotatable bonds is 3. The number of nitrogens with two attached hydrogens (primary N) is 1. The molecule has 0 saturated carbocycles. The van der Waals surface area contributed by atoms with Crippen molar-refractivity contribution in [2.45, 2.75) is 13.0 Å². The van der Waals surface area contributed by atoms with E-state index in [1.807, 2.05) is 0 Å². The maximum Gasteiger partial charge on any atom is 0.255 e. The van der Waals surface area contributed by atoms with E-state index in [0.717, 1.165) is 0 Å². The van der Waals surface area contributed by atoms with Crippen molar-refractivity contribution in [1.82, 2.24) is 9.97 Å². The topological polar surface area (TPSA) is 71.8 Å². The highest BCUT2D eigenvalue weighted by molar-refractivity contribution is 5.21. The van der Waals surface area contributed by atoms with Gasteiger partial charge in [-0.3, -0.25) is 4.79 Å². The van der Waals surface area contributed by atoms with Crippen LogP contribution in [0.25, 0.3) is 0 Å². The van der Waals surface area contributed by atoms with Crippen LogP contribution in [0.1, 0.15) is 17.0 Å². The van der Waals surface area contributed by atoms with Crippen molar-refractivity contribution in [2.75, 3.05) is 0 Å². The molecule has 0 aliphatic carbocycles. The lowest BCUT2D eigenvalue weighted by atomic mass is 10.1. The summed E-state index contributed by atoms with van der Waals surface area (Å²) in [5.74, 6) is 0.121. The summed E-state index contributed by atoms with van der Waals surface area (Å²) < 4.78 is 13.4. The fourth-order valence-electron chi connectivity index (χ4n) is 1.52. The van der Waals surface area contributed by atoms with Gasteiger partial charge < -0.3 is 10.7 Å². The molecular formula is C12H12FN3O. The summed E-state index contributed by atoms with van der Waals surface area (Å²) in [6.45, 7) is 0.141. The summed E-state index contributed by atoms with van der Waals surface area (Å²) in [6.07, 6.45) is 1.68. The van der Waals surface area contributed by atoms with Crippen molar-refractivity contribution >= 4 is 0 Å². The summed E-state index contributed by atoms with van der Waals surface area (Å²) in [5.41, 5.74) is 6.00. The van der Waals surface area contributed by atoms with Crippen LogP contribution in [0, 0.1) is 5.82 Å². The van der Waals surface area contributed by atoms with Gasteiger partial charge in [0.15, 0.2) is 0 Å². The minimum atomic E-state index is -0.307. The number of aromatic nitrogens is 2. The third-order valence-corrected chi connectivity index (χ3v) is 2.46. The molecule has 0 fully saturated rings. The van der Waals surface area contributed by atoms with Crippen LogP contribution < -0.4 is 11.3 Å². The summed E-state index contributed by atoms with van der Waals surface area (Å²) in [5, 5.41) is 0. The van der Waals surface area contributed by atoms with Crippen LogP contribution in [0.3, 0.4) is 0 Å². The predicted octanol–water partition coefficient (Wildman–Crippen LogP) is 0.958.